The molecule has 1 atom stereocenters. The van der Waals surface area contributed by atoms with Crippen LogP contribution in [0.3, 0.4) is 0 Å². The van der Waals surface area contributed by atoms with E-state index in [1.807, 2.05) is 54.6 Å². The number of benzene rings is 4. The van der Waals surface area contributed by atoms with E-state index >= 15 is 0 Å². The molecule has 6 rings (SSSR count). The predicted molar refractivity (Wildman–Crippen MR) is 194 cm³/mol. The van der Waals surface area contributed by atoms with Gasteiger partial charge in [-0.25, -0.2) is 0 Å². The Morgan fingerprint density at radius 1 is 0.615 bits per heavy atom. The van der Waals surface area contributed by atoms with Gasteiger partial charge in [0, 0.05) is 22.9 Å². The lowest BCUT2D eigenvalue weighted by molar-refractivity contribution is 0.0935. The van der Waals surface area contributed by atoms with E-state index in [-0.39, 0.29) is 5.91 Å². The van der Waals surface area contributed by atoms with Crippen molar-refractivity contribution in [1.82, 2.24) is 10.5 Å². The minimum atomic E-state index is -0.433. The van der Waals surface area contributed by atoms with Gasteiger partial charge in [-0.2, -0.15) is 0 Å². The van der Waals surface area contributed by atoms with Gasteiger partial charge in [-0.3, -0.25) is 4.79 Å². The van der Waals surface area contributed by atoms with E-state index in [0.717, 1.165) is 35.2 Å². The second-order valence-electron chi connectivity index (χ2n) is 11.6. The Kier molecular flexibility index (Phi) is 11.1. The highest BCUT2D eigenvalue weighted by atomic mass is 16.5. The molecule has 5 aromatic rings. The van der Waals surface area contributed by atoms with Crippen LogP contribution >= 0.6 is 0 Å². The Labute approximate surface area is 301 Å². The highest BCUT2D eigenvalue weighted by Gasteiger charge is 2.26. The first-order chi connectivity index (χ1) is 25.4. The summed E-state index contributed by atoms with van der Waals surface area (Å²) in [6, 6.07) is 22.0. The van der Waals surface area contributed by atoms with Crippen LogP contribution in [0.4, 0.5) is 5.69 Å². The van der Waals surface area contributed by atoms with Crippen LogP contribution in [0.1, 0.15) is 34.9 Å². The quantitative estimate of drug-likeness (QED) is 0.100. The summed E-state index contributed by atoms with van der Waals surface area (Å²) in [7, 11) is 9.43. The van der Waals surface area contributed by atoms with E-state index < -0.39 is 6.17 Å². The summed E-state index contributed by atoms with van der Waals surface area (Å²) in [5, 5.41) is 10.6. The maximum atomic E-state index is 12.8. The van der Waals surface area contributed by atoms with Crippen LogP contribution in [0.5, 0.6) is 46.0 Å². The van der Waals surface area contributed by atoms with Crippen molar-refractivity contribution in [2.24, 2.45) is 0 Å². The molecular weight excluding hydrogens is 670 g/mol. The first kappa shape index (κ1) is 35.6. The van der Waals surface area contributed by atoms with E-state index in [4.69, 9.17) is 42.4 Å². The number of aromatic nitrogens is 1. The normalized spacial score (nSPS) is 13.3. The fraction of sp³-hybridized carbons (Fsp3) is 0.282. The maximum Gasteiger partial charge on any atom is 0.255 e. The molecule has 13 nitrogen and oxygen atoms in total. The van der Waals surface area contributed by atoms with Crippen LogP contribution in [0.2, 0.25) is 0 Å². The monoisotopic (exact) mass is 711 g/mol. The number of ether oxygens (including phenoxy) is 8. The number of rotatable bonds is 16. The van der Waals surface area contributed by atoms with Gasteiger partial charge in [-0.05, 0) is 79.1 Å². The van der Waals surface area contributed by atoms with Gasteiger partial charge in [0.05, 0.1) is 61.4 Å². The van der Waals surface area contributed by atoms with Gasteiger partial charge < -0.3 is 53.1 Å². The second kappa shape index (κ2) is 16.2. The van der Waals surface area contributed by atoms with E-state index in [2.05, 4.69) is 15.8 Å². The number of anilines is 1. The SMILES string of the molecule is COc1ccc2c(c1)C(=O)NC(c1ccc(OCCCCOc3cc(-c4cc(-c5cc(OC)c(OC)c(OC)c5)on4)ccc3OC)c(OC)c1)N2. The Balaban J connectivity index is 1.04. The number of carbonyl (C=O) groups is 1. The molecule has 272 valence electrons. The Morgan fingerprint density at radius 3 is 1.96 bits per heavy atom. The van der Waals surface area contributed by atoms with Crippen molar-refractivity contribution in [3.8, 4) is 68.6 Å². The minimum Gasteiger partial charge on any atom is -0.497 e. The summed E-state index contributed by atoms with van der Waals surface area (Å²) in [5.41, 5.74) is 4.21. The zero-order valence-corrected chi connectivity index (χ0v) is 29.9. The molecule has 0 saturated carbocycles. The number of unbranched alkanes of at least 4 members (excludes halogenated alkanes) is 1. The molecule has 1 aromatic heterocycles. The largest absolute Gasteiger partial charge is 0.497 e. The van der Waals surface area contributed by atoms with Gasteiger partial charge in [0.2, 0.25) is 5.75 Å². The van der Waals surface area contributed by atoms with Crippen LogP contribution in [0.15, 0.2) is 77.3 Å². The van der Waals surface area contributed by atoms with Crippen molar-refractivity contribution in [1.29, 1.82) is 0 Å². The zero-order chi connectivity index (χ0) is 36.6. The maximum absolute atomic E-state index is 12.8. The second-order valence-corrected chi connectivity index (χ2v) is 11.6. The standard InChI is InChI=1S/C39H41N3O10/c1-44-26-11-12-28-27(21-26)39(43)41-38(40-28)24-10-14-31(33(18-24)46-3)50-15-7-8-16-51-34-17-23(9-13-30(34)45-2)29-22-32(52-42-29)25-19-35(47-4)37(49-6)36(20-25)48-5/h9-14,17-22,38,40H,7-8,15-16H2,1-6H3,(H,41,43). The lowest BCUT2D eigenvalue weighted by Gasteiger charge is -2.28. The predicted octanol–water partition coefficient (Wildman–Crippen LogP) is 7.15. The van der Waals surface area contributed by atoms with Gasteiger partial charge in [0.25, 0.3) is 5.91 Å². The first-order valence-corrected chi connectivity index (χ1v) is 16.5. The molecule has 0 saturated heterocycles. The first-order valence-electron chi connectivity index (χ1n) is 16.5. The topological polar surface area (TPSA) is 141 Å². The smallest absolute Gasteiger partial charge is 0.255 e. The fourth-order valence-corrected chi connectivity index (χ4v) is 5.80. The zero-order valence-electron chi connectivity index (χ0n) is 29.9. The number of hydrogen-bond acceptors (Lipinski definition) is 12. The molecule has 0 radical (unpaired) electrons. The van der Waals surface area contributed by atoms with Gasteiger partial charge in [0.1, 0.15) is 17.6 Å². The molecule has 52 heavy (non-hydrogen) atoms. The summed E-state index contributed by atoms with van der Waals surface area (Å²) in [6.45, 7) is 0.891. The fourth-order valence-electron chi connectivity index (χ4n) is 5.80. The van der Waals surface area contributed by atoms with Crippen molar-refractivity contribution >= 4 is 11.6 Å². The van der Waals surface area contributed by atoms with Crippen LogP contribution in [-0.2, 0) is 0 Å². The van der Waals surface area contributed by atoms with Crippen LogP contribution in [0, 0.1) is 0 Å². The van der Waals surface area contributed by atoms with Gasteiger partial charge >= 0.3 is 0 Å². The van der Waals surface area contributed by atoms with Crippen LogP contribution in [-0.4, -0.2) is 66.9 Å². The molecule has 0 spiro atoms. The summed E-state index contributed by atoms with van der Waals surface area (Å²) < 4.78 is 50.7. The Hall–Kier alpha value is -6.24. The molecule has 4 aromatic carbocycles. The molecule has 13 heteroatoms. The molecule has 2 N–H and O–H groups in total. The van der Waals surface area contributed by atoms with Crippen molar-refractivity contribution in [2.45, 2.75) is 19.0 Å². The van der Waals surface area contributed by atoms with Crippen molar-refractivity contribution in [3.63, 3.8) is 0 Å². The number of fused-ring (bicyclic) bond motifs is 1. The molecule has 0 fully saturated rings. The van der Waals surface area contributed by atoms with Gasteiger partial charge in [-0.15, -0.1) is 0 Å². The Bertz CT molecular complexity index is 2000. The average molecular weight is 712 g/mol. The van der Waals surface area contributed by atoms with E-state index in [9.17, 15) is 4.79 Å². The molecular formula is C39H41N3O10. The number of nitrogens with zero attached hydrogens (tertiary/aromatic N) is 1. The molecule has 0 bridgehead atoms. The molecule has 2 heterocycles. The van der Waals surface area contributed by atoms with Crippen LogP contribution in [0.25, 0.3) is 22.6 Å². The van der Waals surface area contributed by atoms with Crippen LogP contribution < -0.4 is 48.5 Å². The molecule has 1 amide bonds. The number of carbonyl (C=O) groups excluding carboxylic acids is 1. The van der Waals surface area contributed by atoms with E-state index in [1.165, 1.54) is 0 Å². The summed E-state index contributed by atoms with van der Waals surface area (Å²) in [5.74, 6) is 4.82. The lowest BCUT2D eigenvalue weighted by Crippen LogP contribution is -2.38. The highest BCUT2D eigenvalue weighted by molar-refractivity contribution is 6.02. The molecule has 1 aliphatic rings. The van der Waals surface area contributed by atoms with Crippen molar-refractivity contribution < 1.29 is 47.2 Å². The van der Waals surface area contributed by atoms with Gasteiger partial charge in [0.15, 0.2) is 40.3 Å². The van der Waals surface area contributed by atoms with Gasteiger partial charge in [-0.1, -0.05) is 11.2 Å². The van der Waals surface area contributed by atoms with E-state index in [1.54, 1.807) is 60.9 Å². The molecule has 1 aliphatic heterocycles. The Morgan fingerprint density at radius 2 is 1.29 bits per heavy atom. The van der Waals surface area contributed by atoms with E-state index in [0.29, 0.717) is 76.2 Å². The third-order valence-corrected chi connectivity index (χ3v) is 8.54. The number of nitrogens with one attached hydrogen (secondary N) is 2. The third-order valence-electron chi connectivity index (χ3n) is 8.54. The number of amides is 1. The number of methoxy groups -OCH3 is 6. The molecule has 1 unspecified atom stereocenters. The number of hydrogen-bond donors (Lipinski definition) is 2. The summed E-state index contributed by atoms with van der Waals surface area (Å²) in [4.78, 5) is 12.8. The summed E-state index contributed by atoms with van der Waals surface area (Å²) >= 11 is 0. The van der Waals surface area contributed by atoms with Crippen molar-refractivity contribution in [3.05, 3.63) is 83.9 Å². The summed E-state index contributed by atoms with van der Waals surface area (Å²) in [6.07, 6.45) is 1.03. The highest BCUT2D eigenvalue weighted by Crippen LogP contribution is 2.42. The minimum absolute atomic E-state index is 0.191. The average Bonchev–Trinajstić information content (AvgIpc) is 3.69. The third kappa shape index (κ3) is 7.58. The lowest BCUT2D eigenvalue weighted by atomic mass is 10.0. The molecule has 0 aliphatic carbocycles. The van der Waals surface area contributed by atoms with Crippen molar-refractivity contribution in [2.75, 3.05) is 61.2 Å².